The number of aliphatic imine (C=N–C) groups is 1. The van der Waals surface area contributed by atoms with Gasteiger partial charge in [0, 0.05) is 26.3 Å². The average Bonchev–Trinajstić information content (AvgIpc) is 2.69. The first kappa shape index (κ1) is 23.2. The van der Waals surface area contributed by atoms with Crippen LogP contribution in [0.4, 0.5) is 0 Å². The van der Waals surface area contributed by atoms with Crippen molar-refractivity contribution in [1.29, 1.82) is 0 Å². The molecule has 1 aromatic heterocycles. The van der Waals surface area contributed by atoms with Gasteiger partial charge in [0.1, 0.15) is 12.4 Å². The van der Waals surface area contributed by atoms with E-state index in [1.807, 2.05) is 30.3 Å². The Balaban J connectivity index is 0.00000364. The summed E-state index contributed by atoms with van der Waals surface area (Å²) in [4.78, 5) is 11.2. The largest absolute Gasteiger partial charge is 0.487 e. The second kappa shape index (κ2) is 13.4. The lowest BCUT2D eigenvalue weighted by Crippen LogP contribution is -2.39. The summed E-state index contributed by atoms with van der Waals surface area (Å²) in [6.45, 7) is 7.31. The molecule has 6 heteroatoms. The van der Waals surface area contributed by atoms with E-state index in [9.17, 15) is 0 Å². The van der Waals surface area contributed by atoms with E-state index in [0.29, 0.717) is 13.2 Å². The van der Waals surface area contributed by atoms with E-state index >= 15 is 0 Å². The molecule has 0 radical (unpaired) electrons. The molecule has 1 aromatic carbocycles. The molecule has 0 fully saturated rings. The van der Waals surface area contributed by atoms with Gasteiger partial charge < -0.3 is 15.0 Å². The Hall–Kier alpha value is -1.83. The minimum Gasteiger partial charge on any atom is -0.487 e. The molecule has 0 atom stereocenters. The maximum atomic E-state index is 5.77. The van der Waals surface area contributed by atoms with E-state index in [1.54, 1.807) is 6.20 Å². The highest BCUT2D eigenvalue weighted by molar-refractivity contribution is 14.0. The van der Waals surface area contributed by atoms with Crippen LogP contribution in [-0.4, -0.2) is 36.0 Å². The topological polar surface area (TPSA) is 49.8 Å². The number of hydrogen-bond donors (Lipinski definition) is 1. The summed E-state index contributed by atoms with van der Waals surface area (Å²) < 4.78 is 5.77. The number of guanidine groups is 1. The first-order chi connectivity index (χ1) is 12.7. The highest BCUT2D eigenvalue weighted by Gasteiger charge is 2.05. The fourth-order valence-electron chi connectivity index (χ4n) is 2.47. The Labute approximate surface area is 180 Å². The number of ether oxygens (including phenoxy) is 1. The summed E-state index contributed by atoms with van der Waals surface area (Å²) in [6.07, 6.45) is 4.13. The van der Waals surface area contributed by atoms with E-state index in [4.69, 9.17) is 9.73 Å². The molecule has 0 spiro atoms. The molecule has 5 nitrogen and oxygen atoms in total. The first-order valence-electron chi connectivity index (χ1n) is 9.34. The van der Waals surface area contributed by atoms with Crippen LogP contribution in [0.5, 0.6) is 5.75 Å². The Morgan fingerprint density at radius 3 is 2.56 bits per heavy atom. The quantitative estimate of drug-likeness (QED) is 0.326. The average molecular weight is 482 g/mol. The van der Waals surface area contributed by atoms with Gasteiger partial charge in [0.25, 0.3) is 0 Å². The molecule has 148 valence electrons. The number of rotatable bonds is 9. The number of nitrogens with zero attached hydrogens (tertiary/aromatic N) is 3. The number of unbranched alkanes of at least 4 members (excludes halogenated alkanes) is 1. The Kier molecular flexibility index (Phi) is 11.5. The second-order valence-corrected chi connectivity index (χ2v) is 6.20. The van der Waals surface area contributed by atoms with Crippen molar-refractivity contribution in [2.45, 2.75) is 39.8 Å². The molecule has 0 bridgehead atoms. The van der Waals surface area contributed by atoms with Gasteiger partial charge in [-0.1, -0.05) is 31.5 Å². The van der Waals surface area contributed by atoms with E-state index < -0.39 is 0 Å². The lowest BCUT2D eigenvalue weighted by Gasteiger charge is -2.21. The van der Waals surface area contributed by atoms with Crippen LogP contribution in [0.25, 0.3) is 0 Å². The molecule has 0 aliphatic heterocycles. The standard InChI is InChI=1S/C21H30N4O.HI/c1-4-6-15-25(3)21(22-5-2)24-16-18-10-12-20(13-11-18)26-17-19-9-7-8-14-23-19;/h7-14H,4-6,15-17H2,1-3H3,(H,22,24);1H. The first-order valence-corrected chi connectivity index (χ1v) is 9.34. The van der Waals surface area contributed by atoms with Crippen molar-refractivity contribution < 1.29 is 4.74 Å². The van der Waals surface area contributed by atoms with Crippen molar-refractivity contribution in [3.63, 3.8) is 0 Å². The normalized spacial score (nSPS) is 10.9. The lowest BCUT2D eigenvalue weighted by atomic mass is 10.2. The fourth-order valence-corrected chi connectivity index (χ4v) is 2.47. The molecule has 0 saturated carbocycles. The molecule has 2 rings (SSSR count). The molecule has 0 unspecified atom stereocenters. The van der Waals surface area contributed by atoms with Crippen molar-refractivity contribution in [2.75, 3.05) is 20.1 Å². The van der Waals surface area contributed by atoms with Gasteiger partial charge in [-0.05, 0) is 43.2 Å². The molecule has 0 aliphatic carbocycles. The third-order valence-electron chi connectivity index (χ3n) is 3.99. The zero-order chi connectivity index (χ0) is 18.6. The van der Waals surface area contributed by atoms with Crippen LogP contribution in [0.2, 0.25) is 0 Å². The predicted molar refractivity (Wildman–Crippen MR) is 123 cm³/mol. The number of nitrogens with one attached hydrogen (secondary N) is 1. The van der Waals surface area contributed by atoms with Gasteiger partial charge in [-0.25, -0.2) is 4.99 Å². The highest BCUT2D eigenvalue weighted by Crippen LogP contribution is 2.14. The van der Waals surface area contributed by atoms with Crippen molar-refractivity contribution in [1.82, 2.24) is 15.2 Å². The van der Waals surface area contributed by atoms with Crippen LogP contribution in [0, 0.1) is 0 Å². The zero-order valence-corrected chi connectivity index (χ0v) is 18.8. The van der Waals surface area contributed by atoms with Crippen molar-refractivity contribution in [3.8, 4) is 5.75 Å². The molecule has 1 heterocycles. The molecular formula is C21H31IN4O. The molecule has 0 aliphatic rings. The molecular weight excluding hydrogens is 451 g/mol. The summed E-state index contributed by atoms with van der Waals surface area (Å²) in [5, 5.41) is 3.36. The Bertz CT molecular complexity index is 662. The molecule has 1 N–H and O–H groups in total. The van der Waals surface area contributed by atoms with Gasteiger partial charge in [0.05, 0.1) is 12.2 Å². The molecule has 2 aromatic rings. The van der Waals surface area contributed by atoms with Crippen LogP contribution in [0.15, 0.2) is 53.7 Å². The molecule has 27 heavy (non-hydrogen) atoms. The zero-order valence-electron chi connectivity index (χ0n) is 16.5. The van der Waals surface area contributed by atoms with Gasteiger partial charge >= 0.3 is 0 Å². The highest BCUT2D eigenvalue weighted by atomic mass is 127. The number of hydrogen-bond acceptors (Lipinski definition) is 3. The van der Waals surface area contributed by atoms with Gasteiger partial charge in [0.2, 0.25) is 0 Å². The Morgan fingerprint density at radius 1 is 1.15 bits per heavy atom. The smallest absolute Gasteiger partial charge is 0.193 e. The SMILES string of the molecule is CCCCN(C)C(=NCc1ccc(OCc2ccccn2)cc1)NCC.I. The Morgan fingerprint density at radius 2 is 1.93 bits per heavy atom. The van der Waals surface area contributed by atoms with Gasteiger partial charge in [0.15, 0.2) is 5.96 Å². The summed E-state index contributed by atoms with van der Waals surface area (Å²) in [5.41, 5.74) is 2.08. The number of halogens is 1. The van der Waals surface area contributed by atoms with Crippen molar-refractivity contribution in [3.05, 3.63) is 59.9 Å². The van der Waals surface area contributed by atoms with Gasteiger partial charge in [-0.15, -0.1) is 24.0 Å². The number of aromatic nitrogens is 1. The predicted octanol–water partition coefficient (Wildman–Crippen LogP) is 4.48. The van der Waals surface area contributed by atoms with Crippen LogP contribution in [0.3, 0.4) is 0 Å². The summed E-state index contributed by atoms with van der Waals surface area (Å²) in [7, 11) is 2.09. The summed E-state index contributed by atoms with van der Waals surface area (Å²) >= 11 is 0. The summed E-state index contributed by atoms with van der Waals surface area (Å²) in [6, 6.07) is 13.9. The van der Waals surface area contributed by atoms with Crippen molar-refractivity contribution in [2.24, 2.45) is 4.99 Å². The maximum absolute atomic E-state index is 5.77. The van der Waals surface area contributed by atoms with E-state index in [-0.39, 0.29) is 24.0 Å². The fraction of sp³-hybridized carbons (Fsp3) is 0.429. The summed E-state index contributed by atoms with van der Waals surface area (Å²) in [5.74, 6) is 1.80. The van der Waals surface area contributed by atoms with Crippen LogP contribution >= 0.6 is 24.0 Å². The van der Waals surface area contributed by atoms with Gasteiger partial charge in [-0.3, -0.25) is 4.98 Å². The number of pyridine rings is 1. The maximum Gasteiger partial charge on any atom is 0.193 e. The van der Waals surface area contributed by atoms with Crippen LogP contribution in [0.1, 0.15) is 37.9 Å². The second-order valence-electron chi connectivity index (χ2n) is 6.20. The monoisotopic (exact) mass is 482 g/mol. The molecule has 0 amide bonds. The van der Waals surface area contributed by atoms with E-state index in [2.05, 4.69) is 48.2 Å². The number of benzene rings is 1. The third-order valence-corrected chi connectivity index (χ3v) is 3.99. The van der Waals surface area contributed by atoms with Gasteiger partial charge in [-0.2, -0.15) is 0 Å². The van der Waals surface area contributed by atoms with Crippen molar-refractivity contribution >= 4 is 29.9 Å². The molecule has 0 saturated heterocycles. The third kappa shape index (κ3) is 8.60. The van der Waals surface area contributed by atoms with E-state index in [0.717, 1.165) is 36.1 Å². The minimum atomic E-state index is 0. The van der Waals surface area contributed by atoms with Crippen LogP contribution in [-0.2, 0) is 13.2 Å². The van der Waals surface area contributed by atoms with Crippen LogP contribution < -0.4 is 10.1 Å². The lowest BCUT2D eigenvalue weighted by molar-refractivity contribution is 0.301. The minimum absolute atomic E-state index is 0. The van der Waals surface area contributed by atoms with E-state index in [1.165, 1.54) is 12.8 Å².